The van der Waals surface area contributed by atoms with Crippen molar-refractivity contribution in [1.29, 1.82) is 0 Å². The number of ether oxygens (including phenoxy) is 1. The van der Waals surface area contributed by atoms with Gasteiger partial charge in [0.05, 0.1) is 0 Å². The highest BCUT2D eigenvalue weighted by Gasteiger charge is 2.06. The van der Waals surface area contributed by atoms with Crippen molar-refractivity contribution in [3.05, 3.63) is 29.2 Å². The molecule has 14 heavy (non-hydrogen) atoms. The topological polar surface area (TPSA) is 59.0 Å². The second-order valence-corrected chi connectivity index (χ2v) is 2.85. The van der Waals surface area contributed by atoms with Crippen molar-refractivity contribution in [1.82, 2.24) is 4.90 Å². The molecule has 0 aliphatic heterocycles. The summed E-state index contributed by atoms with van der Waals surface area (Å²) in [6.45, 7) is 0. The average Bonchev–Trinajstić information content (AvgIpc) is 2.18. The van der Waals surface area contributed by atoms with Crippen LogP contribution in [0.3, 0.4) is 0 Å². The summed E-state index contributed by atoms with van der Waals surface area (Å²) in [5.41, 5.74) is 0.231. The van der Waals surface area contributed by atoms with Crippen molar-refractivity contribution in [3.8, 4) is 5.75 Å². The summed E-state index contributed by atoms with van der Waals surface area (Å²) >= 11 is 0. The van der Waals surface area contributed by atoms with Gasteiger partial charge in [-0.25, -0.2) is 4.79 Å². The van der Waals surface area contributed by atoms with Gasteiger partial charge < -0.3 is 9.64 Å². The maximum absolute atomic E-state index is 11.1. The third-order valence-corrected chi connectivity index (χ3v) is 1.49. The van der Waals surface area contributed by atoms with Crippen LogP contribution in [0.25, 0.3) is 0 Å². The van der Waals surface area contributed by atoms with Gasteiger partial charge in [0.1, 0.15) is 11.4 Å². The average molecular weight is 194 g/mol. The number of nitroso groups, excluding NO2 is 1. The molecule has 0 N–H and O–H groups in total. The molecule has 1 aromatic rings. The van der Waals surface area contributed by atoms with E-state index >= 15 is 0 Å². The van der Waals surface area contributed by atoms with Gasteiger partial charge in [-0.15, -0.1) is 4.91 Å². The van der Waals surface area contributed by atoms with Gasteiger partial charge in [-0.2, -0.15) is 0 Å². The molecule has 0 aliphatic rings. The maximum atomic E-state index is 11.1. The lowest BCUT2D eigenvalue weighted by Crippen LogP contribution is -2.25. The summed E-state index contributed by atoms with van der Waals surface area (Å²) in [5.74, 6) is 0.306. The molecule has 5 heteroatoms. The third-order valence-electron chi connectivity index (χ3n) is 1.49. The van der Waals surface area contributed by atoms with E-state index in [4.69, 9.17) is 4.74 Å². The molecule has 0 aliphatic carbocycles. The van der Waals surface area contributed by atoms with E-state index in [0.717, 1.165) is 0 Å². The number of hydrogen-bond acceptors (Lipinski definition) is 4. The standard InChI is InChI=1S/C9H10N2O3/c1-11(2)9(12)14-8-5-3-4-7(6-8)10-13/h3-6H,1-2H3. The SMILES string of the molecule is CN(C)C(=O)Oc1cccc(N=O)c1. The highest BCUT2D eigenvalue weighted by molar-refractivity contribution is 5.70. The Balaban J connectivity index is 2.76. The first-order valence-corrected chi connectivity index (χ1v) is 3.96. The van der Waals surface area contributed by atoms with Crippen LogP contribution >= 0.6 is 0 Å². The monoisotopic (exact) mass is 194 g/mol. The molecule has 1 aromatic carbocycles. The first-order chi connectivity index (χ1) is 6.63. The number of amides is 1. The zero-order valence-electron chi connectivity index (χ0n) is 7.93. The van der Waals surface area contributed by atoms with E-state index in [1.807, 2.05) is 0 Å². The third kappa shape index (κ3) is 2.55. The minimum absolute atomic E-state index is 0.231. The number of carbonyl (C=O) groups is 1. The maximum Gasteiger partial charge on any atom is 0.414 e. The first kappa shape index (κ1) is 10.2. The van der Waals surface area contributed by atoms with Crippen molar-refractivity contribution >= 4 is 11.8 Å². The summed E-state index contributed by atoms with van der Waals surface area (Å²) in [4.78, 5) is 22.6. The molecule has 0 radical (unpaired) electrons. The van der Waals surface area contributed by atoms with Crippen LogP contribution < -0.4 is 4.74 Å². The van der Waals surface area contributed by atoms with Crippen LogP contribution in [0.1, 0.15) is 0 Å². The number of rotatable bonds is 2. The fraction of sp³-hybridized carbons (Fsp3) is 0.222. The number of hydrogen-bond donors (Lipinski definition) is 0. The predicted octanol–water partition coefficient (Wildman–Crippen LogP) is 2.14. The molecule has 0 bridgehead atoms. The van der Waals surface area contributed by atoms with E-state index < -0.39 is 6.09 Å². The molecule has 0 fully saturated rings. The summed E-state index contributed by atoms with van der Waals surface area (Å²) in [5, 5.41) is 2.73. The van der Waals surface area contributed by atoms with E-state index in [0.29, 0.717) is 5.75 Å². The Bertz CT molecular complexity index is 350. The Kier molecular flexibility index (Phi) is 3.17. The molecule has 0 saturated heterocycles. The van der Waals surface area contributed by atoms with Crippen LogP contribution in [0.5, 0.6) is 5.75 Å². The molecular formula is C9H10N2O3. The van der Waals surface area contributed by atoms with Crippen LogP contribution in [0.4, 0.5) is 10.5 Å². The summed E-state index contributed by atoms with van der Waals surface area (Å²) in [6.07, 6.45) is -0.493. The Labute approximate surface area is 81.3 Å². The molecule has 0 saturated carbocycles. The van der Waals surface area contributed by atoms with E-state index in [9.17, 15) is 9.70 Å². The second kappa shape index (κ2) is 4.36. The van der Waals surface area contributed by atoms with Crippen molar-refractivity contribution in [2.75, 3.05) is 14.1 Å². The van der Waals surface area contributed by atoms with Gasteiger partial charge in [-0.3, -0.25) is 0 Å². The van der Waals surface area contributed by atoms with Crippen molar-refractivity contribution in [2.45, 2.75) is 0 Å². The van der Waals surface area contributed by atoms with E-state index in [1.165, 1.54) is 17.0 Å². The van der Waals surface area contributed by atoms with Gasteiger partial charge in [0.2, 0.25) is 0 Å². The molecule has 0 unspecified atom stereocenters. The molecule has 5 nitrogen and oxygen atoms in total. The molecule has 0 atom stereocenters. The Morgan fingerprint density at radius 1 is 1.43 bits per heavy atom. The lowest BCUT2D eigenvalue weighted by Gasteiger charge is -2.10. The van der Waals surface area contributed by atoms with Crippen LogP contribution in [0.2, 0.25) is 0 Å². The van der Waals surface area contributed by atoms with E-state index in [2.05, 4.69) is 5.18 Å². The fourth-order valence-corrected chi connectivity index (χ4v) is 0.796. The highest BCUT2D eigenvalue weighted by Crippen LogP contribution is 2.19. The second-order valence-electron chi connectivity index (χ2n) is 2.85. The highest BCUT2D eigenvalue weighted by atomic mass is 16.6. The molecule has 0 aromatic heterocycles. The molecule has 74 valence electrons. The van der Waals surface area contributed by atoms with Gasteiger partial charge in [0.15, 0.2) is 0 Å². The number of nitrogens with zero attached hydrogens (tertiary/aromatic N) is 2. The lowest BCUT2D eigenvalue weighted by atomic mass is 10.3. The minimum Gasteiger partial charge on any atom is -0.410 e. The molecule has 0 heterocycles. The van der Waals surface area contributed by atoms with Crippen molar-refractivity contribution < 1.29 is 9.53 Å². The summed E-state index contributed by atoms with van der Waals surface area (Å²) < 4.78 is 4.91. The molecule has 0 spiro atoms. The van der Waals surface area contributed by atoms with Gasteiger partial charge in [0, 0.05) is 20.2 Å². The number of benzene rings is 1. The van der Waals surface area contributed by atoms with E-state index in [-0.39, 0.29) is 5.69 Å². The van der Waals surface area contributed by atoms with E-state index in [1.54, 1.807) is 26.2 Å². The summed E-state index contributed by atoms with van der Waals surface area (Å²) in [6, 6.07) is 6.10. The normalized spacial score (nSPS) is 9.29. The molecular weight excluding hydrogens is 184 g/mol. The lowest BCUT2D eigenvalue weighted by molar-refractivity contribution is 0.172. The predicted molar refractivity (Wildman–Crippen MR) is 51.6 cm³/mol. The Morgan fingerprint density at radius 3 is 2.71 bits per heavy atom. The minimum atomic E-state index is -0.493. The van der Waals surface area contributed by atoms with Crippen LogP contribution in [-0.2, 0) is 0 Å². The zero-order valence-corrected chi connectivity index (χ0v) is 7.93. The Morgan fingerprint density at radius 2 is 2.14 bits per heavy atom. The van der Waals surface area contributed by atoms with Crippen LogP contribution in [0, 0.1) is 4.91 Å². The molecule has 1 amide bonds. The van der Waals surface area contributed by atoms with Crippen molar-refractivity contribution in [3.63, 3.8) is 0 Å². The van der Waals surface area contributed by atoms with Crippen LogP contribution in [0.15, 0.2) is 29.4 Å². The van der Waals surface area contributed by atoms with Gasteiger partial charge in [-0.1, -0.05) is 6.07 Å². The van der Waals surface area contributed by atoms with Gasteiger partial charge in [0.25, 0.3) is 0 Å². The first-order valence-electron chi connectivity index (χ1n) is 3.96. The fourth-order valence-electron chi connectivity index (χ4n) is 0.796. The van der Waals surface area contributed by atoms with Gasteiger partial charge in [-0.05, 0) is 17.3 Å². The number of carbonyl (C=O) groups excluding carboxylic acids is 1. The quantitative estimate of drug-likeness (QED) is 0.677. The van der Waals surface area contributed by atoms with Crippen molar-refractivity contribution in [2.24, 2.45) is 5.18 Å². The molecule has 1 rings (SSSR count). The largest absolute Gasteiger partial charge is 0.414 e. The Hall–Kier alpha value is -1.91. The summed E-state index contributed by atoms with van der Waals surface area (Å²) in [7, 11) is 3.15. The van der Waals surface area contributed by atoms with Crippen LogP contribution in [-0.4, -0.2) is 25.1 Å². The smallest absolute Gasteiger partial charge is 0.410 e. The van der Waals surface area contributed by atoms with Gasteiger partial charge >= 0.3 is 6.09 Å². The zero-order chi connectivity index (χ0) is 10.6.